The molecule has 1 saturated heterocycles. The molecule has 4 heteroatoms. The minimum atomic E-state index is 0.0145. The molecule has 4 rings (SSSR count). The smallest absolute Gasteiger partial charge is 0.142 e. The molecular formula is C22H25N3O. The van der Waals surface area contributed by atoms with Gasteiger partial charge in [0.05, 0.1) is 24.5 Å². The number of piperidine rings is 1. The third-order valence-corrected chi connectivity index (χ3v) is 5.39. The van der Waals surface area contributed by atoms with E-state index >= 15 is 0 Å². The highest BCUT2D eigenvalue weighted by molar-refractivity contribution is 5.43. The van der Waals surface area contributed by atoms with Crippen LogP contribution in [0.3, 0.4) is 0 Å². The second-order valence-corrected chi connectivity index (χ2v) is 7.11. The first kappa shape index (κ1) is 16.9. The Morgan fingerprint density at radius 2 is 1.54 bits per heavy atom. The monoisotopic (exact) mass is 347 g/mol. The number of aryl methyl sites for hydroxylation is 1. The lowest BCUT2D eigenvalue weighted by molar-refractivity contribution is -0.930. The minimum absolute atomic E-state index is 0.0145. The third kappa shape index (κ3) is 3.13. The first-order valence-corrected chi connectivity index (χ1v) is 9.47. The van der Waals surface area contributed by atoms with E-state index in [-0.39, 0.29) is 11.9 Å². The number of nitrogens with zero attached hydrogens (tertiary/aromatic N) is 2. The second-order valence-electron chi connectivity index (χ2n) is 7.11. The van der Waals surface area contributed by atoms with Crippen molar-refractivity contribution < 1.29 is 10.0 Å². The highest BCUT2D eigenvalue weighted by Gasteiger charge is 2.31. The molecule has 2 heterocycles. The highest BCUT2D eigenvalue weighted by atomic mass is 16.3. The van der Waals surface area contributed by atoms with Gasteiger partial charge in [-0.1, -0.05) is 48.5 Å². The van der Waals surface area contributed by atoms with Gasteiger partial charge in [-0.2, -0.15) is 5.10 Å². The van der Waals surface area contributed by atoms with Crippen molar-refractivity contribution in [3.63, 3.8) is 0 Å². The zero-order chi connectivity index (χ0) is 17.9. The first-order valence-electron chi connectivity index (χ1n) is 9.47. The van der Waals surface area contributed by atoms with Crippen LogP contribution in [0, 0.1) is 6.92 Å². The Labute approximate surface area is 154 Å². The SMILES string of the molecule is Cc1nn(-c2ccccc2)c([O-])c1C(c1ccccc1)[NH+]1CCCCC1. The summed E-state index contributed by atoms with van der Waals surface area (Å²) in [7, 11) is 0. The van der Waals surface area contributed by atoms with Gasteiger partial charge in [0.1, 0.15) is 6.04 Å². The van der Waals surface area contributed by atoms with Gasteiger partial charge in [0.15, 0.2) is 0 Å². The molecule has 0 radical (unpaired) electrons. The molecule has 1 aliphatic rings. The Morgan fingerprint density at radius 3 is 2.19 bits per heavy atom. The van der Waals surface area contributed by atoms with Gasteiger partial charge >= 0.3 is 0 Å². The zero-order valence-corrected chi connectivity index (χ0v) is 15.2. The van der Waals surface area contributed by atoms with Crippen molar-refractivity contribution in [2.75, 3.05) is 13.1 Å². The molecule has 2 aromatic carbocycles. The van der Waals surface area contributed by atoms with E-state index in [1.807, 2.05) is 43.3 Å². The van der Waals surface area contributed by atoms with Gasteiger partial charge in [-0.3, -0.25) is 0 Å². The normalized spacial score (nSPS) is 16.5. The summed E-state index contributed by atoms with van der Waals surface area (Å²) in [6.07, 6.45) is 3.73. The molecule has 0 amide bonds. The maximum atomic E-state index is 13.3. The van der Waals surface area contributed by atoms with Crippen LogP contribution < -0.4 is 10.0 Å². The number of hydrogen-bond acceptors (Lipinski definition) is 2. The molecule has 3 aromatic rings. The Hall–Kier alpha value is -2.59. The lowest BCUT2D eigenvalue weighted by Crippen LogP contribution is -3.13. The van der Waals surface area contributed by atoms with E-state index < -0.39 is 0 Å². The van der Waals surface area contributed by atoms with E-state index in [9.17, 15) is 5.11 Å². The summed E-state index contributed by atoms with van der Waals surface area (Å²) in [5.74, 6) is 0.0145. The summed E-state index contributed by atoms with van der Waals surface area (Å²) in [6, 6.07) is 20.2. The Balaban J connectivity index is 1.82. The largest absolute Gasteiger partial charge is 0.858 e. The zero-order valence-electron chi connectivity index (χ0n) is 15.2. The summed E-state index contributed by atoms with van der Waals surface area (Å²) >= 11 is 0. The molecule has 1 fully saturated rings. The van der Waals surface area contributed by atoms with Crippen LogP contribution in [0.15, 0.2) is 60.7 Å². The van der Waals surface area contributed by atoms with Crippen molar-refractivity contribution in [2.24, 2.45) is 0 Å². The van der Waals surface area contributed by atoms with Crippen LogP contribution in [0.5, 0.6) is 5.88 Å². The quantitative estimate of drug-likeness (QED) is 0.788. The van der Waals surface area contributed by atoms with E-state index in [0.29, 0.717) is 0 Å². The van der Waals surface area contributed by atoms with Gasteiger partial charge in [-0.15, -0.1) is 0 Å². The predicted octanol–water partition coefficient (Wildman–Crippen LogP) is 2.41. The number of aromatic nitrogens is 2. The van der Waals surface area contributed by atoms with Crippen LogP contribution in [-0.2, 0) is 0 Å². The Bertz CT molecular complexity index is 852. The van der Waals surface area contributed by atoms with Crippen LogP contribution in [0.1, 0.15) is 42.1 Å². The lowest BCUT2D eigenvalue weighted by Gasteiger charge is -2.33. The van der Waals surface area contributed by atoms with Crippen molar-refractivity contribution in [1.29, 1.82) is 0 Å². The van der Waals surface area contributed by atoms with Gasteiger partial charge in [0.2, 0.25) is 0 Å². The molecule has 1 unspecified atom stereocenters. The molecule has 0 aliphatic carbocycles. The molecule has 0 saturated carbocycles. The molecule has 1 atom stereocenters. The highest BCUT2D eigenvalue weighted by Crippen LogP contribution is 2.31. The molecule has 134 valence electrons. The summed E-state index contributed by atoms with van der Waals surface area (Å²) in [5, 5.41) is 17.9. The fourth-order valence-electron chi connectivity index (χ4n) is 4.14. The van der Waals surface area contributed by atoms with E-state index in [0.717, 1.165) is 30.0 Å². The number of hydrogen-bond donors (Lipinski definition) is 1. The number of likely N-dealkylation sites (tertiary alicyclic amines) is 1. The van der Waals surface area contributed by atoms with E-state index in [1.54, 1.807) is 4.68 Å². The number of nitrogens with one attached hydrogen (secondary N) is 1. The molecule has 26 heavy (non-hydrogen) atoms. The van der Waals surface area contributed by atoms with E-state index in [2.05, 4.69) is 29.4 Å². The molecule has 1 N–H and O–H groups in total. The van der Waals surface area contributed by atoms with Gasteiger partial charge in [0.25, 0.3) is 0 Å². The number of benzene rings is 2. The van der Waals surface area contributed by atoms with Crippen molar-refractivity contribution >= 4 is 0 Å². The fourth-order valence-corrected chi connectivity index (χ4v) is 4.14. The first-order chi connectivity index (χ1) is 12.8. The maximum absolute atomic E-state index is 13.3. The van der Waals surface area contributed by atoms with Crippen LogP contribution in [-0.4, -0.2) is 22.9 Å². The number of para-hydroxylation sites is 1. The lowest BCUT2D eigenvalue weighted by atomic mass is 9.95. The van der Waals surface area contributed by atoms with Crippen LogP contribution >= 0.6 is 0 Å². The number of quaternary nitrogens is 1. The molecule has 0 bridgehead atoms. The summed E-state index contributed by atoms with van der Waals surface area (Å²) in [4.78, 5) is 1.48. The van der Waals surface area contributed by atoms with Gasteiger partial charge < -0.3 is 10.0 Å². The molecule has 1 aliphatic heterocycles. The van der Waals surface area contributed by atoms with Gasteiger partial charge in [-0.25, -0.2) is 4.68 Å². The van der Waals surface area contributed by atoms with Crippen molar-refractivity contribution in [3.05, 3.63) is 77.5 Å². The molecular weight excluding hydrogens is 322 g/mol. The van der Waals surface area contributed by atoms with E-state index in [4.69, 9.17) is 0 Å². The summed E-state index contributed by atoms with van der Waals surface area (Å²) in [6.45, 7) is 4.18. The van der Waals surface area contributed by atoms with Gasteiger partial charge in [-0.05, 0) is 38.3 Å². The van der Waals surface area contributed by atoms with Crippen LogP contribution in [0.25, 0.3) is 5.69 Å². The van der Waals surface area contributed by atoms with Crippen molar-refractivity contribution in [1.82, 2.24) is 9.78 Å². The fraction of sp³-hybridized carbons (Fsp3) is 0.318. The van der Waals surface area contributed by atoms with E-state index in [1.165, 1.54) is 29.7 Å². The average molecular weight is 347 g/mol. The standard InChI is InChI=1S/C22H25N3O/c1-17-20(22(26)25(23-17)19-13-7-3-8-14-19)21(18-11-5-2-6-12-18)24-15-9-4-10-16-24/h2-3,5-8,11-14,21,26H,4,9-10,15-16H2,1H3. The van der Waals surface area contributed by atoms with Crippen molar-refractivity contribution in [3.8, 4) is 11.6 Å². The second kappa shape index (κ2) is 7.34. The summed E-state index contributed by atoms with van der Waals surface area (Å²) < 4.78 is 1.56. The van der Waals surface area contributed by atoms with Crippen LogP contribution in [0.4, 0.5) is 0 Å². The van der Waals surface area contributed by atoms with Crippen LogP contribution in [0.2, 0.25) is 0 Å². The van der Waals surface area contributed by atoms with Crippen molar-refractivity contribution in [2.45, 2.75) is 32.2 Å². The molecule has 4 nitrogen and oxygen atoms in total. The predicted molar refractivity (Wildman–Crippen MR) is 101 cm³/mol. The average Bonchev–Trinajstić information content (AvgIpc) is 2.99. The third-order valence-electron chi connectivity index (χ3n) is 5.39. The maximum Gasteiger partial charge on any atom is 0.142 e. The topological polar surface area (TPSA) is 45.3 Å². The summed E-state index contributed by atoms with van der Waals surface area (Å²) in [5.41, 5.74) is 3.72. The number of rotatable bonds is 4. The van der Waals surface area contributed by atoms with Gasteiger partial charge in [0, 0.05) is 17.0 Å². The molecule has 0 spiro atoms. The molecule has 1 aromatic heterocycles. The Kier molecular flexibility index (Phi) is 4.76. The Morgan fingerprint density at radius 1 is 0.923 bits per heavy atom. The minimum Gasteiger partial charge on any atom is -0.858 e.